The second-order valence-electron chi connectivity index (χ2n) is 2.34. The molecule has 3 nitrogen and oxygen atoms in total. The molecule has 0 fully saturated rings. The second kappa shape index (κ2) is 4.87. The van der Waals surface area contributed by atoms with Crippen LogP contribution in [0, 0.1) is 0 Å². The van der Waals surface area contributed by atoms with Crippen molar-refractivity contribution >= 4 is 18.2 Å². The predicted octanol–water partition coefficient (Wildman–Crippen LogP) is 2.03. The molecule has 0 saturated carbocycles. The van der Waals surface area contributed by atoms with Crippen molar-refractivity contribution in [2.45, 2.75) is 0 Å². The fourth-order valence-electron chi connectivity index (χ4n) is 0.757. The van der Waals surface area contributed by atoms with E-state index in [1.165, 1.54) is 6.21 Å². The summed E-state index contributed by atoms with van der Waals surface area (Å²) < 4.78 is 0. The van der Waals surface area contributed by atoms with Crippen LogP contribution in [0.15, 0.2) is 47.2 Å². The zero-order chi connectivity index (χ0) is 9.52. The molecule has 1 rings (SSSR count). The lowest BCUT2D eigenvalue weighted by Crippen LogP contribution is -1.84. The maximum Gasteiger partial charge on any atom is 0.154 e. The van der Waals surface area contributed by atoms with E-state index in [1.54, 1.807) is 12.1 Å². The summed E-state index contributed by atoms with van der Waals surface area (Å²) in [5.74, 6) is 0. The first kappa shape index (κ1) is 9.19. The minimum absolute atomic E-state index is 0.142. The number of aliphatic hydroxyl groups excluding tert-OH is 1. The number of carbonyl (C=O) groups excluding carboxylic acids is 1. The van der Waals surface area contributed by atoms with Crippen LogP contribution in [-0.2, 0) is 4.79 Å². The number of hydrogen-bond donors (Lipinski definition) is 1. The highest BCUT2D eigenvalue weighted by Crippen LogP contribution is 2.08. The number of aliphatic imine (C=N–C) groups is 1. The van der Waals surface area contributed by atoms with Gasteiger partial charge in [-0.2, -0.15) is 0 Å². The number of aldehydes is 1. The van der Waals surface area contributed by atoms with Gasteiger partial charge in [0.1, 0.15) is 0 Å². The highest BCUT2D eigenvalue weighted by Gasteiger charge is 1.88. The Morgan fingerprint density at radius 1 is 1.31 bits per heavy atom. The van der Waals surface area contributed by atoms with Crippen LogP contribution in [-0.4, -0.2) is 17.6 Å². The highest BCUT2D eigenvalue weighted by molar-refractivity contribution is 6.02. The van der Waals surface area contributed by atoms with Crippen molar-refractivity contribution in [2.75, 3.05) is 0 Å². The van der Waals surface area contributed by atoms with Gasteiger partial charge in [-0.25, -0.2) is 0 Å². The number of rotatable bonds is 3. The Morgan fingerprint density at radius 3 is 2.54 bits per heavy atom. The molecule has 0 spiro atoms. The van der Waals surface area contributed by atoms with Gasteiger partial charge in [0.05, 0.1) is 17.5 Å². The van der Waals surface area contributed by atoms with Crippen molar-refractivity contribution in [1.82, 2.24) is 0 Å². The summed E-state index contributed by atoms with van der Waals surface area (Å²) in [6.07, 6.45) is 2.56. The number of benzene rings is 1. The van der Waals surface area contributed by atoms with Gasteiger partial charge in [-0.3, -0.25) is 9.79 Å². The fourth-order valence-corrected chi connectivity index (χ4v) is 0.757. The molecular formula is C10H9NO2. The van der Waals surface area contributed by atoms with E-state index >= 15 is 0 Å². The molecule has 1 aromatic rings. The van der Waals surface area contributed by atoms with Crippen LogP contribution in [0.2, 0.25) is 0 Å². The Bertz CT molecular complexity index is 328. The third kappa shape index (κ3) is 2.91. The molecule has 0 amide bonds. The average molecular weight is 175 g/mol. The number of nitrogens with zero attached hydrogens (tertiary/aromatic N) is 1. The smallest absolute Gasteiger partial charge is 0.154 e. The molecule has 0 bridgehead atoms. The molecule has 0 aromatic heterocycles. The standard InChI is InChI=1S/C10H9NO2/c12-7-9(8-13)6-11-10-4-2-1-3-5-10/h1-8,12H/b9-7-,11-6?. The van der Waals surface area contributed by atoms with Crippen LogP contribution in [0.25, 0.3) is 0 Å². The van der Waals surface area contributed by atoms with Gasteiger partial charge in [-0.05, 0) is 12.1 Å². The summed E-state index contributed by atoms with van der Waals surface area (Å²) in [6, 6.07) is 9.17. The van der Waals surface area contributed by atoms with Crippen molar-refractivity contribution in [3.8, 4) is 0 Å². The van der Waals surface area contributed by atoms with Crippen molar-refractivity contribution < 1.29 is 9.90 Å². The molecular weight excluding hydrogens is 166 g/mol. The van der Waals surface area contributed by atoms with Crippen molar-refractivity contribution in [3.63, 3.8) is 0 Å². The number of allylic oxidation sites excluding steroid dienone is 1. The number of para-hydroxylation sites is 1. The van der Waals surface area contributed by atoms with Crippen LogP contribution in [0.5, 0.6) is 0 Å². The van der Waals surface area contributed by atoms with E-state index in [2.05, 4.69) is 4.99 Å². The molecule has 13 heavy (non-hydrogen) atoms. The third-order valence-corrected chi connectivity index (χ3v) is 1.40. The lowest BCUT2D eigenvalue weighted by atomic mass is 10.3. The maximum absolute atomic E-state index is 10.2. The monoisotopic (exact) mass is 175 g/mol. The van der Waals surface area contributed by atoms with E-state index in [4.69, 9.17) is 5.11 Å². The van der Waals surface area contributed by atoms with E-state index < -0.39 is 0 Å². The topological polar surface area (TPSA) is 49.7 Å². The van der Waals surface area contributed by atoms with Crippen LogP contribution < -0.4 is 0 Å². The third-order valence-electron chi connectivity index (χ3n) is 1.40. The van der Waals surface area contributed by atoms with E-state index in [9.17, 15) is 4.79 Å². The number of aliphatic hydroxyl groups is 1. The van der Waals surface area contributed by atoms with Gasteiger partial charge in [-0.1, -0.05) is 18.2 Å². The summed E-state index contributed by atoms with van der Waals surface area (Å²) in [6.45, 7) is 0. The molecule has 0 aliphatic rings. The number of carbonyl (C=O) groups is 1. The molecule has 1 N–H and O–H groups in total. The van der Waals surface area contributed by atoms with E-state index in [0.29, 0.717) is 6.29 Å². The van der Waals surface area contributed by atoms with Crippen molar-refractivity contribution in [3.05, 3.63) is 42.2 Å². The summed E-state index contributed by atoms with van der Waals surface area (Å²) >= 11 is 0. The SMILES string of the molecule is O=C/C(C=Nc1ccccc1)=C\O. The van der Waals surface area contributed by atoms with E-state index in [-0.39, 0.29) is 5.57 Å². The molecule has 0 aliphatic carbocycles. The first-order valence-corrected chi connectivity index (χ1v) is 3.75. The Balaban J connectivity index is 2.74. The molecule has 0 saturated heterocycles. The normalized spacial score (nSPS) is 11.8. The average Bonchev–Trinajstić information content (AvgIpc) is 2.21. The van der Waals surface area contributed by atoms with Gasteiger partial charge in [0.25, 0.3) is 0 Å². The van der Waals surface area contributed by atoms with Gasteiger partial charge in [-0.15, -0.1) is 0 Å². The lowest BCUT2D eigenvalue weighted by Gasteiger charge is -1.90. The van der Waals surface area contributed by atoms with Crippen molar-refractivity contribution in [2.24, 2.45) is 4.99 Å². The molecule has 0 unspecified atom stereocenters. The zero-order valence-electron chi connectivity index (χ0n) is 6.92. The fraction of sp³-hybridized carbons (Fsp3) is 0. The summed E-state index contributed by atoms with van der Waals surface area (Å²) in [4.78, 5) is 14.2. The first-order valence-electron chi connectivity index (χ1n) is 3.75. The van der Waals surface area contributed by atoms with Crippen LogP contribution >= 0.6 is 0 Å². The highest BCUT2D eigenvalue weighted by atomic mass is 16.2. The van der Waals surface area contributed by atoms with Crippen LogP contribution in [0.3, 0.4) is 0 Å². The molecule has 0 aliphatic heterocycles. The molecule has 3 heteroatoms. The minimum Gasteiger partial charge on any atom is -0.515 e. The second-order valence-corrected chi connectivity index (χ2v) is 2.34. The Labute approximate surface area is 76.1 Å². The summed E-state index contributed by atoms with van der Waals surface area (Å²) in [5.41, 5.74) is 0.882. The van der Waals surface area contributed by atoms with Gasteiger partial charge in [0, 0.05) is 6.21 Å². The summed E-state index contributed by atoms with van der Waals surface area (Å²) in [5, 5.41) is 8.52. The van der Waals surface area contributed by atoms with Gasteiger partial charge in [0.15, 0.2) is 6.29 Å². The molecule has 66 valence electrons. The number of hydrogen-bond acceptors (Lipinski definition) is 3. The minimum atomic E-state index is 0.142. The van der Waals surface area contributed by atoms with Gasteiger partial charge < -0.3 is 5.11 Å². The Hall–Kier alpha value is -1.90. The zero-order valence-corrected chi connectivity index (χ0v) is 6.92. The first-order chi connectivity index (χ1) is 6.36. The largest absolute Gasteiger partial charge is 0.515 e. The molecule has 0 heterocycles. The molecule has 0 radical (unpaired) electrons. The van der Waals surface area contributed by atoms with E-state index in [0.717, 1.165) is 11.9 Å². The predicted molar refractivity (Wildman–Crippen MR) is 51.4 cm³/mol. The Morgan fingerprint density at radius 2 is 2.00 bits per heavy atom. The Kier molecular flexibility index (Phi) is 3.45. The molecule has 1 aromatic carbocycles. The van der Waals surface area contributed by atoms with Crippen LogP contribution in [0.4, 0.5) is 5.69 Å². The molecule has 0 atom stereocenters. The van der Waals surface area contributed by atoms with Crippen LogP contribution in [0.1, 0.15) is 0 Å². The quantitative estimate of drug-likeness (QED) is 0.330. The maximum atomic E-state index is 10.2. The summed E-state index contributed by atoms with van der Waals surface area (Å²) in [7, 11) is 0. The van der Waals surface area contributed by atoms with Gasteiger partial charge >= 0.3 is 0 Å². The van der Waals surface area contributed by atoms with Gasteiger partial charge in [0.2, 0.25) is 0 Å². The van der Waals surface area contributed by atoms with E-state index in [1.807, 2.05) is 18.2 Å². The van der Waals surface area contributed by atoms with Crippen molar-refractivity contribution in [1.29, 1.82) is 0 Å². The lowest BCUT2D eigenvalue weighted by molar-refractivity contribution is -0.104.